The van der Waals surface area contributed by atoms with Gasteiger partial charge in [0.1, 0.15) is 0 Å². The topological polar surface area (TPSA) is 84.5 Å². The molecule has 3 rings (SSSR count). The van der Waals surface area contributed by atoms with Gasteiger partial charge in [-0.05, 0) is 62.6 Å². The molecule has 0 saturated heterocycles. The Morgan fingerprint density at radius 3 is 2.50 bits per heavy atom. The Morgan fingerprint density at radius 1 is 1.11 bits per heavy atom. The van der Waals surface area contributed by atoms with E-state index in [2.05, 4.69) is 16.7 Å². The number of hydrogen-bond acceptors (Lipinski definition) is 4. The lowest BCUT2D eigenvalue weighted by Crippen LogP contribution is -2.42. The Balaban J connectivity index is 1.37. The largest absolute Gasteiger partial charge is 0.455 e. The minimum absolute atomic E-state index is 0.449. The highest BCUT2D eigenvalue weighted by atomic mass is 35.5. The molecule has 1 aromatic rings. The molecule has 1 fully saturated rings. The van der Waals surface area contributed by atoms with E-state index in [-0.39, 0.29) is 0 Å². The fourth-order valence-electron chi connectivity index (χ4n) is 3.45. The van der Waals surface area contributed by atoms with E-state index >= 15 is 0 Å². The summed E-state index contributed by atoms with van der Waals surface area (Å²) in [4.78, 5) is 36.1. The van der Waals surface area contributed by atoms with E-state index in [9.17, 15) is 14.4 Å². The number of rotatable bonds is 7. The molecule has 1 aromatic carbocycles. The van der Waals surface area contributed by atoms with E-state index < -0.39 is 29.9 Å². The van der Waals surface area contributed by atoms with E-state index in [0.717, 1.165) is 24.8 Å². The number of ether oxygens (including phenoxy) is 1. The summed E-state index contributed by atoms with van der Waals surface area (Å²) in [6.45, 7) is -0.00282. The average molecular weight is 405 g/mol. The molecule has 0 aliphatic heterocycles. The van der Waals surface area contributed by atoms with Crippen LogP contribution in [-0.4, -0.2) is 31.1 Å². The van der Waals surface area contributed by atoms with Gasteiger partial charge in [0.25, 0.3) is 5.91 Å². The van der Waals surface area contributed by atoms with E-state index in [1.54, 1.807) is 24.3 Å². The van der Waals surface area contributed by atoms with Crippen molar-refractivity contribution in [2.75, 3.05) is 13.2 Å². The highest BCUT2D eigenvalue weighted by molar-refractivity contribution is 6.30. The number of halogens is 1. The third-order valence-electron chi connectivity index (χ3n) is 5.24. The van der Waals surface area contributed by atoms with E-state index in [1.165, 1.54) is 18.4 Å². The number of allylic oxidation sites excluding steroid dienone is 1. The maximum absolute atomic E-state index is 12.4. The first-order valence-electron chi connectivity index (χ1n) is 9.68. The second-order valence-corrected chi connectivity index (χ2v) is 7.76. The Labute approximate surface area is 169 Å². The van der Waals surface area contributed by atoms with Gasteiger partial charge in [0, 0.05) is 11.6 Å². The smallest absolute Gasteiger partial charge is 0.321 e. The van der Waals surface area contributed by atoms with Crippen LogP contribution in [0.2, 0.25) is 5.02 Å². The summed E-state index contributed by atoms with van der Waals surface area (Å²) in [6.07, 6.45) is 8.96. The van der Waals surface area contributed by atoms with E-state index in [1.807, 2.05) is 0 Å². The van der Waals surface area contributed by atoms with Crippen LogP contribution in [0, 0.1) is 0 Å². The number of urea groups is 1. The quantitative estimate of drug-likeness (QED) is 0.536. The predicted octanol–water partition coefficient (Wildman–Crippen LogP) is 3.63. The summed E-state index contributed by atoms with van der Waals surface area (Å²) in [6, 6.07) is 6.48. The molecule has 0 atom stereocenters. The molecular weight excluding hydrogens is 380 g/mol. The number of amides is 3. The monoisotopic (exact) mass is 404 g/mol. The summed E-state index contributed by atoms with van der Waals surface area (Å²) in [7, 11) is 0. The summed E-state index contributed by atoms with van der Waals surface area (Å²) in [5.74, 6) is -1.09. The SMILES string of the molecule is O=C(COC(=O)C1(c2ccc(Cl)cc2)CC1)NC(=O)NCCC1=CCCCC1. The van der Waals surface area contributed by atoms with Gasteiger partial charge in [0.05, 0.1) is 5.41 Å². The number of hydrogen-bond donors (Lipinski definition) is 2. The van der Waals surface area contributed by atoms with Crippen LogP contribution < -0.4 is 10.6 Å². The minimum Gasteiger partial charge on any atom is -0.455 e. The molecule has 0 spiro atoms. The molecule has 6 nitrogen and oxygen atoms in total. The number of esters is 1. The van der Waals surface area contributed by atoms with Crippen LogP contribution >= 0.6 is 11.6 Å². The zero-order valence-electron chi connectivity index (χ0n) is 15.8. The van der Waals surface area contributed by atoms with Crippen LogP contribution in [0.15, 0.2) is 35.9 Å². The van der Waals surface area contributed by atoms with Crippen molar-refractivity contribution in [1.82, 2.24) is 10.6 Å². The number of imide groups is 1. The fourth-order valence-corrected chi connectivity index (χ4v) is 3.58. The molecule has 3 amide bonds. The van der Waals surface area contributed by atoms with Crippen LogP contribution in [0.1, 0.15) is 50.5 Å². The molecule has 2 aliphatic carbocycles. The lowest BCUT2D eigenvalue weighted by Gasteiger charge is -2.15. The molecule has 0 radical (unpaired) electrons. The van der Waals surface area contributed by atoms with Crippen LogP contribution in [0.4, 0.5) is 4.79 Å². The number of benzene rings is 1. The molecule has 150 valence electrons. The molecule has 2 aliphatic rings. The summed E-state index contributed by atoms with van der Waals surface area (Å²) in [5, 5.41) is 5.44. The standard InChI is InChI=1S/C21H25ClN2O4/c22-17-8-6-16(7-9-17)21(11-12-21)19(26)28-14-18(25)24-20(27)23-13-10-15-4-2-1-3-5-15/h4,6-9H,1-3,5,10-14H2,(H2,23,24,25,27). The predicted molar refractivity (Wildman–Crippen MR) is 106 cm³/mol. The van der Waals surface area contributed by atoms with Crippen molar-refractivity contribution in [2.24, 2.45) is 0 Å². The fraction of sp³-hybridized carbons (Fsp3) is 0.476. The van der Waals surface area contributed by atoms with Gasteiger partial charge in [-0.1, -0.05) is 35.4 Å². The van der Waals surface area contributed by atoms with Gasteiger partial charge in [-0.15, -0.1) is 0 Å². The number of carbonyl (C=O) groups excluding carboxylic acids is 3. The first-order valence-corrected chi connectivity index (χ1v) is 10.1. The lowest BCUT2D eigenvalue weighted by molar-refractivity contribution is -0.150. The molecular formula is C21H25ClN2O4. The minimum atomic E-state index is -0.694. The number of nitrogens with one attached hydrogen (secondary N) is 2. The molecule has 28 heavy (non-hydrogen) atoms. The highest BCUT2D eigenvalue weighted by Crippen LogP contribution is 2.49. The average Bonchev–Trinajstić information content (AvgIpc) is 3.49. The van der Waals surface area contributed by atoms with E-state index in [4.69, 9.17) is 16.3 Å². The van der Waals surface area contributed by atoms with Gasteiger partial charge < -0.3 is 10.1 Å². The zero-order chi connectivity index (χ0) is 20.0. The molecule has 7 heteroatoms. The van der Waals surface area contributed by atoms with Crippen LogP contribution in [0.5, 0.6) is 0 Å². The Kier molecular flexibility index (Phi) is 6.73. The maximum atomic E-state index is 12.4. The van der Waals surface area contributed by atoms with E-state index in [0.29, 0.717) is 24.4 Å². The van der Waals surface area contributed by atoms with Crippen molar-refractivity contribution in [2.45, 2.75) is 50.4 Å². The third-order valence-corrected chi connectivity index (χ3v) is 5.49. The lowest BCUT2D eigenvalue weighted by atomic mass is 9.96. The molecule has 2 N–H and O–H groups in total. The van der Waals surface area contributed by atoms with Gasteiger partial charge in [-0.2, -0.15) is 0 Å². The van der Waals surface area contributed by atoms with Crippen molar-refractivity contribution >= 4 is 29.5 Å². The molecule has 1 saturated carbocycles. The second-order valence-electron chi connectivity index (χ2n) is 7.33. The zero-order valence-corrected chi connectivity index (χ0v) is 16.5. The first-order chi connectivity index (χ1) is 13.5. The molecule has 0 aromatic heterocycles. The van der Waals surface area contributed by atoms with Crippen molar-refractivity contribution in [3.05, 3.63) is 46.5 Å². The van der Waals surface area contributed by atoms with Crippen LogP contribution in [-0.2, 0) is 19.7 Å². The molecule has 0 bridgehead atoms. The van der Waals surface area contributed by atoms with Crippen LogP contribution in [0.3, 0.4) is 0 Å². The van der Waals surface area contributed by atoms with Crippen molar-refractivity contribution in [3.63, 3.8) is 0 Å². The van der Waals surface area contributed by atoms with Gasteiger partial charge in [-0.3, -0.25) is 14.9 Å². The normalized spacial score (nSPS) is 17.2. The Hall–Kier alpha value is -2.34. The Bertz CT molecular complexity index is 769. The summed E-state index contributed by atoms with van der Waals surface area (Å²) < 4.78 is 5.14. The third kappa shape index (κ3) is 5.35. The Morgan fingerprint density at radius 2 is 1.86 bits per heavy atom. The summed E-state index contributed by atoms with van der Waals surface area (Å²) >= 11 is 5.88. The van der Waals surface area contributed by atoms with Crippen molar-refractivity contribution in [3.8, 4) is 0 Å². The second kappa shape index (κ2) is 9.24. The highest BCUT2D eigenvalue weighted by Gasteiger charge is 2.52. The van der Waals surface area contributed by atoms with Gasteiger partial charge in [-0.25, -0.2) is 4.79 Å². The first kappa shape index (κ1) is 20.4. The van der Waals surface area contributed by atoms with Gasteiger partial charge in [0.15, 0.2) is 6.61 Å². The van der Waals surface area contributed by atoms with Gasteiger partial charge >= 0.3 is 12.0 Å². The number of carbonyl (C=O) groups is 3. The van der Waals surface area contributed by atoms with Crippen LogP contribution in [0.25, 0.3) is 0 Å². The van der Waals surface area contributed by atoms with Gasteiger partial charge in [0.2, 0.25) is 0 Å². The van der Waals surface area contributed by atoms with Crippen molar-refractivity contribution in [1.29, 1.82) is 0 Å². The van der Waals surface area contributed by atoms with Crippen molar-refractivity contribution < 1.29 is 19.1 Å². The molecule has 0 unspecified atom stereocenters. The maximum Gasteiger partial charge on any atom is 0.321 e. The summed E-state index contributed by atoms with van der Waals surface area (Å²) in [5.41, 5.74) is 1.49. The molecule has 0 heterocycles.